The summed E-state index contributed by atoms with van der Waals surface area (Å²) in [6.45, 7) is 4.30. The van der Waals surface area contributed by atoms with Gasteiger partial charge in [0.2, 0.25) is 0 Å². The molecule has 1 heterocycles. The normalized spacial score (nSPS) is 12.5. The van der Waals surface area contributed by atoms with E-state index in [2.05, 4.69) is 18.9 Å². The summed E-state index contributed by atoms with van der Waals surface area (Å²) >= 11 is 0. The molecule has 0 aliphatic rings. The van der Waals surface area contributed by atoms with E-state index in [0.29, 0.717) is 17.2 Å². The van der Waals surface area contributed by atoms with Crippen LogP contribution in [0.1, 0.15) is 52.0 Å². The van der Waals surface area contributed by atoms with Gasteiger partial charge in [0, 0.05) is 12.2 Å². The molecular formula is C17H23FN2O. The second-order valence-corrected chi connectivity index (χ2v) is 5.46. The Morgan fingerprint density at radius 1 is 1.29 bits per heavy atom. The van der Waals surface area contributed by atoms with E-state index in [-0.39, 0.29) is 11.4 Å². The molecule has 0 saturated heterocycles. The molecule has 1 aromatic carbocycles. The topological polar surface area (TPSA) is 37.8 Å². The van der Waals surface area contributed by atoms with Gasteiger partial charge in [0.05, 0.1) is 5.56 Å². The average molecular weight is 290 g/mol. The van der Waals surface area contributed by atoms with Crippen LogP contribution >= 0.6 is 0 Å². The zero-order chi connectivity index (χ0) is 15.2. The molecule has 1 aromatic heterocycles. The first-order valence-electron chi connectivity index (χ1n) is 7.72. The van der Waals surface area contributed by atoms with Crippen molar-refractivity contribution < 1.29 is 4.39 Å². The number of benzene rings is 1. The van der Waals surface area contributed by atoms with Gasteiger partial charge in [-0.1, -0.05) is 45.2 Å². The number of nitrogens with one attached hydrogen (secondary N) is 1. The lowest BCUT2D eigenvalue weighted by Gasteiger charge is -2.15. The molecule has 1 unspecified atom stereocenters. The van der Waals surface area contributed by atoms with Gasteiger partial charge in [0.25, 0.3) is 5.56 Å². The van der Waals surface area contributed by atoms with Gasteiger partial charge in [-0.2, -0.15) is 0 Å². The number of nitrogens with zero attached hydrogens (tertiary/aromatic N) is 1. The van der Waals surface area contributed by atoms with E-state index in [1.54, 1.807) is 12.1 Å². The predicted octanol–water partition coefficient (Wildman–Crippen LogP) is 4.51. The van der Waals surface area contributed by atoms with Crippen LogP contribution < -0.4 is 5.56 Å². The summed E-state index contributed by atoms with van der Waals surface area (Å²) in [7, 11) is 0. The van der Waals surface area contributed by atoms with Crippen LogP contribution in [0.5, 0.6) is 0 Å². The third kappa shape index (κ3) is 3.84. The summed E-state index contributed by atoms with van der Waals surface area (Å²) in [5.41, 5.74) is 0.997. The van der Waals surface area contributed by atoms with Crippen LogP contribution in [0.15, 0.2) is 35.3 Å². The standard InChI is InChI=1S/C17H23FN2O/c1-3-5-6-10-15(4-2)20-12-16(17(21)19-20)13-8-7-9-14(18)11-13/h7-9,11-12,15H,3-6,10H2,1-2H3,(H,19,21). The van der Waals surface area contributed by atoms with Crippen molar-refractivity contribution in [2.75, 3.05) is 0 Å². The van der Waals surface area contributed by atoms with E-state index in [9.17, 15) is 9.18 Å². The van der Waals surface area contributed by atoms with Crippen molar-refractivity contribution in [3.05, 3.63) is 46.6 Å². The number of hydrogen-bond donors (Lipinski definition) is 1. The quantitative estimate of drug-likeness (QED) is 0.748. The Bertz CT molecular complexity index is 630. The van der Waals surface area contributed by atoms with Crippen molar-refractivity contribution >= 4 is 0 Å². The van der Waals surface area contributed by atoms with Crippen LogP contribution in [0.2, 0.25) is 0 Å². The molecule has 2 aromatic rings. The Hall–Kier alpha value is -1.84. The number of hydrogen-bond acceptors (Lipinski definition) is 1. The van der Waals surface area contributed by atoms with Crippen molar-refractivity contribution in [2.24, 2.45) is 0 Å². The summed E-state index contributed by atoms with van der Waals surface area (Å²) in [5, 5.41) is 2.88. The number of rotatable bonds is 7. The monoisotopic (exact) mass is 290 g/mol. The van der Waals surface area contributed by atoms with E-state index < -0.39 is 0 Å². The molecule has 3 nitrogen and oxygen atoms in total. The zero-order valence-electron chi connectivity index (χ0n) is 12.7. The molecule has 0 saturated carbocycles. The first kappa shape index (κ1) is 15.5. The molecule has 114 valence electrons. The molecule has 4 heteroatoms. The van der Waals surface area contributed by atoms with Gasteiger partial charge in [0.1, 0.15) is 5.82 Å². The minimum absolute atomic E-state index is 0.158. The number of aromatic nitrogens is 2. The van der Waals surface area contributed by atoms with Gasteiger partial charge >= 0.3 is 0 Å². The van der Waals surface area contributed by atoms with Crippen molar-refractivity contribution in [1.29, 1.82) is 0 Å². The van der Waals surface area contributed by atoms with Gasteiger partial charge in [-0.3, -0.25) is 14.6 Å². The molecule has 0 radical (unpaired) electrons. The van der Waals surface area contributed by atoms with Crippen molar-refractivity contribution in [1.82, 2.24) is 9.78 Å². The molecule has 2 rings (SSSR count). The van der Waals surface area contributed by atoms with Gasteiger partial charge in [-0.25, -0.2) is 4.39 Å². The fourth-order valence-corrected chi connectivity index (χ4v) is 2.64. The van der Waals surface area contributed by atoms with Gasteiger partial charge in [-0.15, -0.1) is 0 Å². The van der Waals surface area contributed by atoms with E-state index in [0.717, 1.165) is 19.3 Å². The number of H-pyrrole nitrogens is 1. The maximum Gasteiger partial charge on any atom is 0.271 e. The van der Waals surface area contributed by atoms with Crippen LogP contribution in [0.4, 0.5) is 4.39 Å². The summed E-state index contributed by atoms with van der Waals surface area (Å²) in [5.74, 6) is -0.324. The Kier molecular flexibility index (Phi) is 5.37. The largest absolute Gasteiger partial charge is 0.289 e. The molecule has 0 bridgehead atoms. The highest BCUT2D eigenvalue weighted by Crippen LogP contribution is 2.22. The summed E-state index contributed by atoms with van der Waals surface area (Å²) < 4.78 is 15.2. The Morgan fingerprint density at radius 2 is 2.10 bits per heavy atom. The Morgan fingerprint density at radius 3 is 2.76 bits per heavy atom. The second kappa shape index (κ2) is 7.25. The van der Waals surface area contributed by atoms with Crippen LogP contribution in [0, 0.1) is 5.82 Å². The summed E-state index contributed by atoms with van der Waals surface area (Å²) in [6, 6.07) is 6.46. The Labute approximate surface area is 124 Å². The zero-order valence-corrected chi connectivity index (χ0v) is 12.7. The highest BCUT2D eigenvalue weighted by molar-refractivity contribution is 5.61. The van der Waals surface area contributed by atoms with Crippen LogP contribution in [-0.2, 0) is 0 Å². The number of unbranched alkanes of at least 4 members (excludes halogenated alkanes) is 2. The van der Waals surface area contributed by atoms with E-state index >= 15 is 0 Å². The second-order valence-electron chi connectivity index (χ2n) is 5.46. The minimum atomic E-state index is -0.324. The van der Waals surface area contributed by atoms with Crippen molar-refractivity contribution in [2.45, 2.75) is 52.0 Å². The smallest absolute Gasteiger partial charge is 0.271 e. The third-order valence-electron chi connectivity index (χ3n) is 3.88. The van der Waals surface area contributed by atoms with Crippen LogP contribution in [-0.4, -0.2) is 9.78 Å². The highest BCUT2D eigenvalue weighted by atomic mass is 19.1. The van der Waals surface area contributed by atoms with Crippen molar-refractivity contribution in [3.8, 4) is 11.1 Å². The highest BCUT2D eigenvalue weighted by Gasteiger charge is 2.13. The fourth-order valence-electron chi connectivity index (χ4n) is 2.64. The molecule has 0 aliphatic carbocycles. The van der Waals surface area contributed by atoms with Gasteiger partial charge in [0.15, 0.2) is 0 Å². The molecule has 0 spiro atoms. The summed E-state index contributed by atoms with van der Waals surface area (Å²) in [6.07, 6.45) is 7.39. The maximum atomic E-state index is 13.3. The van der Waals surface area contributed by atoms with Gasteiger partial charge in [-0.05, 0) is 30.5 Å². The molecule has 1 atom stereocenters. The van der Waals surface area contributed by atoms with Crippen molar-refractivity contribution in [3.63, 3.8) is 0 Å². The average Bonchev–Trinajstić information content (AvgIpc) is 2.85. The van der Waals surface area contributed by atoms with Crippen LogP contribution in [0.25, 0.3) is 11.1 Å². The third-order valence-corrected chi connectivity index (χ3v) is 3.88. The fraction of sp³-hybridized carbons (Fsp3) is 0.471. The molecule has 1 N–H and O–H groups in total. The lowest BCUT2D eigenvalue weighted by atomic mass is 10.1. The van der Waals surface area contributed by atoms with E-state index in [4.69, 9.17) is 0 Å². The number of halogens is 1. The minimum Gasteiger partial charge on any atom is -0.289 e. The van der Waals surface area contributed by atoms with E-state index in [1.807, 2.05) is 10.9 Å². The molecule has 0 amide bonds. The number of aromatic amines is 1. The SMILES string of the molecule is CCCCCC(CC)n1cc(-c2cccc(F)c2)c(=O)[nH]1. The molecule has 0 aliphatic heterocycles. The van der Waals surface area contributed by atoms with Gasteiger partial charge < -0.3 is 0 Å². The molecular weight excluding hydrogens is 267 g/mol. The Balaban J connectivity index is 2.23. The lowest BCUT2D eigenvalue weighted by Crippen LogP contribution is -2.12. The molecule has 21 heavy (non-hydrogen) atoms. The summed E-state index contributed by atoms with van der Waals surface area (Å²) in [4.78, 5) is 12.1. The molecule has 0 fully saturated rings. The van der Waals surface area contributed by atoms with E-state index in [1.165, 1.54) is 25.0 Å². The predicted molar refractivity (Wildman–Crippen MR) is 83.9 cm³/mol. The first-order chi connectivity index (χ1) is 10.2. The van der Waals surface area contributed by atoms with Crippen LogP contribution in [0.3, 0.4) is 0 Å². The first-order valence-corrected chi connectivity index (χ1v) is 7.72. The maximum absolute atomic E-state index is 13.3. The lowest BCUT2D eigenvalue weighted by molar-refractivity contribution is 0.395.